The van der Waals surface area contributed by atoms with E-state index in [4.69, 9.17) is 4.74 Å². The maximum absolute atomic E-state index is 12.5. The Hall–Kier alpha value is -0.610. The monoisotopic (exact) mass is 240 g/mol. The second-order valence-corrected chi connectivity index (χ2v) is 5.25. The van der Waals surface area contributed by atoms with Gasteiger partial charge in [-0.3, -0.25) is 4.79 Å². The van der Waals surface area contributed by atoms with Gasteiger partial charge in [0.05, 0.1) is 25.2 Å². The Morgan fingerprint density at radius 3 is 2.94 bits per heavy atom. The molecule has 2 aliphatic heterocycles. The predicted octanol–water partition coefficient (Wildman–Crippen LogP) is 1.01. The fourth-order valence-corrected chi connectivity index (χ4v) is 2.73. The first-order valence-corrected chi connectivity index (χ1v) is 6.84. The van der Waals surface area contributed by atoms with Crippen LogP contribution in [-0.2, 0) is 9.53 Å². The SMILES string of the molecule is CCC1COCCN1C(=O)C1CCC(C)NC1. The second-order valence-electron chi connectivity index (χ2n) is 5.25. The number of amides is 1. The summed E-state index contributed by atoms with van der Waals surface area (Å²) in [5, 5.41) is 3.41. The lowest BCUT2D eigenvalue weighted by Gasteiger charge is -2.38. The smallest absolute Gasteiger partial charge is 0.227 e. The number of nitrogens with one attached hydrogen (secondary N) is 1. The van der Waals surface area contributed by atoms with Gasteiger partial charge in [0.25, 0.3) is 0 Å². The molecule has 17 heavy (non-hydrogen) atoms. The van der Waals surface area contributed by atoms with Crippen molar-refractivity contribution in [3.05, 3.63) is 0 Å². The normalized spacial score (nSPS) is 34.7. The Labute approximate surface area is 104 Å². The van der Waals surface area contributed by atoms with Gasteiger partial charge >= 0.3 is 0 Å². The number of carbonyl (C=O) groups is 1. The lowest BCUT2D eigenvalue weighted by Crippen LogP contribution is -2.53. The zero-order valence-corrected chi connectivity index (χ0v) is 10.9. The molecular formula is C13H24N2O2. The fourth-order valence-electron chi connectivity index (χ4n) is 2.73. The average Bonchev–Trinajstić information content (AvgIpc) is 2.39. The van der Waals surface area contributed by atoms with Crippen molar-refractivity contribution in [2.24, 2.45) is 5.92 Å². The number of carbonyl (C=O) groups excluding carboxylic acids is 1. The highest BCUT2D eigenvalue weighted by Crippen LogP contribution is 2.20. The van der Waals surface area contributed by atoms with Crippen LogP contribution in [0.5, 0.6) is 0 Å². The van der Waals surface area contributed by atoms with Crippen LogP contribution >= 0.6 is 0 Å². The van der Waals surface area contributed by atoms with Crippen molar-refractivity contribution >= 4 is 5.91 Å². The van der Waals surface area contributed by atoms with E-state index in [1.807, 2.05) is 4.90 Å². The van der Waals surface area contributed by atoms with Crippen molar-refractivity contribution in [3.8, 4) is 0 Å². The van der Waals surface area contributed by atoms with Crippen LogP contribution in [-0.4, -0.2) is 49.2 Å². The van der Waals surface area contributed by atoms with E-state index in [0.717, 1.165) is 32.4 Å². The number of hydrogen-bond acceptors (Lipinski definition) is 3. The number of hydrogen-bond donors (Lipinski definition) is 1. The molecular weight excluding hydrogens is 216 g/mol. The highest BCUT2D eigenvalue weighted by Gasteiger charge is 2.32. The second kappa shape index (κ2) is 5.83. The molecule has 0 aliphatic carbocycles. The van der Waals surface area contributed by atoms with E-state index in [9.17, 15) is 4.79 Å². The maximum Gasteiger partial charge on any atom is 0.227 e. The van der Waals surface area contributed by atoms with E-state index in [-0.39, 0.29) is 12.0 Å². The molecule has 98 valence electrons. The summed E-state index contributed by atoms with van der Waals surface area (Å²) in [6, 6.07) is 0.848. The summed E-state index contributed by atoms with van der Waals surface area (Å²) in [5.74, 6) is 0.512. The lowest BCUT2D eigenvalue weighted by atomic mass is 9.93. The van der Waals surface area contributed by atoms with Gasteiger partial charge in [-0.1, -0.05) is 6.92 Å². The third-order valence-corrected chi connectivity index (χ3v) is 3.99. The molecule has 2 rings (SSSR count). The van der Waals surface area contributed by atoms with E-state index in [1.54, 1.807) is 0 Å². The molecule has 0 radical (unpaired) electrons. The first-order valence-electron chi connectivity index (χ1n) is 6.84. The van der Waals surface area contributed by atoms with Gasteiger partial charge in [0.2, 0.25) is 5.91 Å². The summed E-state index contributed by atoms with van der Waals surface area (Å²) >= 11 is 0. The molecule has 0 aromatic carbocycles. The average molecular weight is 240 g/mol. The maximum atomic E-state index is 12.5. The highest BCUT2D eigenvalue weighted by atomic mass is 16.5. The van der Waals surface area contributed by atoms with Crippen molar-refractivity contribution in [2.75, 3.05) is 26.3 Å². The third kappa shape index (κ3) is 2.99. The van der Waals surface area contributed by atoms with Gasteiger partial charge in [0, 0.05) is 19.1 Å². The predicted molar refractivity (Wildman–Crippen MR) is 66.8 cm³/mol. The Balaban J connectivity index is 1.93. The summed E-state index contributed by atoms with van der Waals surface area (Å²) in [7, 11) is 0. The molecule has 4 heteroatoms. The Morgan fingerprint density at radius 1 is 1.47 bits per heavy atom. The summed E-state index contributed by atoms with van der Waals surface area (Å²) in [5.41, 5.74) is 0. The van der Waals surface area contributed by atoms with Gasteiger partial charge in [0.15, 0.2) is 0 Å². The van der Waals surface area contributed by atoms with Crippen molar-refractivity contribution in [3.63, 3.8) is 0 Å². The summed E-state index contributed by atoms with van der Waals surface area (Å²) in [6.07, 6.45) is 3.13. The van der Waals surface area contributed by atoms with Gasteiger partial charge in [-0.2, -0.15) is 0 Å². The van der Waals surface area contributed by atoms with Crippen LogP contribution in [0.4, 0.5) is 0 Å². The molecule has 0 saturated carbocycles. The minimum atomic E-state index is 0.179. The molecule has 1 amide bonds. The molecule has 3 atom stereocenters. The van der Waals surface area contributed by atoms with Gasteiger partial charge in [-0.25, -0.2) is 0 Å². The van der Waals surface area contributed by atoms with Crippen LogP contribution < -0.4 is 5.32 Å². The number of piperidine rings is 1. The van der Waals surface area contributed by atoms with Gasteiger partial charge in [-0.05, 0) is 26.2 Å². The lowest BCUT2D eigenvalue weighted by molar-refractivity contribution is -0.145. The third-order valence-electron chi connectivity index (χ3n) is 3.99. The first-order chi connectivity index (χ1) is 8.22. The Bertz CT molecular complexity index is 262. The molecule has 4 nitrogen and oxygen atoms in total. The van der Waals surface area contributed by atoms with Crippen molar-refractivity contribution in [2.45, 2.75) is 45.2 Å². The molecule has 2 saturated heterocycles. The number of rotatable bonds is 2. The largest absolute Gasteiger partial charge is 0.377 e. The van der Waals surface area contributed by atoms with Crippen molar-refractivity contribution in [1.82, 2.24) is 10.2 Å². The van der Waals surface area contributed by atoms with Crippen LogP contribution in [0.15, 0.2) is 0 Å². The summed E-state index contributed by atoms with van der Waals surface area (Å²) < 4.78 is 5.45. The molecule has 1 N–H and O–H groups in total. The van der Waals surface area contributed by atoms with Crippen molar-refractivity contribution < 1.29 is 9.53 Å². The van der Waals surface area contributed by atoms with E-state index in [1.165, 1.54) is 0 Å². The Kier molecular flexibility index (Phi) is 4.40. The van der Waals surface area contributed by atoms with E-state index >= 15 is 0 Å². The standard InChI is InChI=1S/C13H24N2O2/c1-3-12-9-17-7-6-15(12)13(16)11-5-4-10(2)14-8-11/h10-12,14H,3-9H2,1-2H3. The highest BCUT2D eigenvalue weighted by molar-refractivity contribution is 5.79. The molecule has 2 aliphatic rings. The molecule has 0 bridgehead atoms. The summed E-state index contributed by atoms with van der Waals surface area (Å²) in [4.78, 5) is 14.5. The zero-order chi connectivity index (χ0) is 12.3. The van der Waals surface area contributed by atoms with Crippen LogP contribution in [0.2, 0.25) is 0 Å². The van der Waals surface area contributed by atoms with Gasteiger partial charge in [-0.15, -0.1) is 0 Å². The van der Waals surface area contributed by atoms with Gasteiger partial charge in [0.1, 0.15) is 0 Å². The van der Waals surface area contributed by atoms with Crippen LogP contribution in [0.25, 0.3) is 0 Å². The quantitative estimate of drug-likeness (QED) is 0.783. The first kappa shape index (κ1) is 12.8. The van der Waals surface area contributed by atoms with E-state index < -0.39 is 0 Å². The van der Waals surface area contributed by atoms with Gasteiger partial charge < -0.3 is 15.0 Å². The minimum Gasteiger partial charge on any atom is -0.377 e. The number of nitrogens with zero attached hydrogens (tertiary/aromatic N) is 1. The Morgan fingerprint density at radius 2 is 2.29 bits per heavy atom. The number of morpholine rings is 1. The topological polar surface area (TPSA) is 41.6 Å². The minimum absolute atomic E-state index is 0.179. The molecule has 2 fully saturated rings. The molecule has 0 aromatic heterocycles. The molecule has 0 aromatic rings. The fraction of sp³-hybridized carbons (Fsp3) is 0.923. The van der Waals surface area contributed by atoms with Crippen LogP contribution in [0.1, 0.15) is 33.1 Å². The van der Waals surface area contributed by atoms with Crippen molar-refractivity contribution in [1.29, 1.82) is 0 Å². The van der Waals surface area contributed by atoms with E-state index in [0.29, 0.717) is 25.2 Å². The molecule has 2 heterocycles. The zero-order valence-electron chi connectivity index (χ0n) is 10.9. The summed E-state index contributed by atoms with van der Waals surface area (Å²) in [6.45, 7) is 7.32. The molecule has 3 unspecified atom stereocenters. The van der Waals surface area contributed by atoms with Crippen LogP contribution in [0, 0.1) is 5.92 Å². The molecule has 0 spiro atoms. The number of ether oxygens (including phenoxy) is 1. The van der Waals surface area contributed by atoms with E-state index in [2.05, 4.69) is 19.2 Å². The van der Waals surface area contributed by atoms with Crippen LogP contribution in [0.3, 0.4) is 0 Å².